The van der Waals surface area contributed by atoms with Crippen LogP contribution in [0.2, 0.25) is 0 Å². The lowest BCUT2D eigenvalue weighted by atomic mass is 9.96. The Balaban J connectivity index is 1.32. The molecule has 0 aliphatic rings. The summed E-state index contributed by atoms with van der Waals surface area (Å²) >= 11 is 1.87. The van der Waals surface area contributed by atoms with E-state index in [1.807, 2.05) is 11.3 Å². The van der Waals surface area contributed by atoms with Crippen LogP contribution in [0, 0.1) is 0 Å². The molecule has 0 saturated heterocycles. The third kappa shape index (κ3) is 4.14. The van der Waals surface area contributed by atoms with Crippen molar-refractivity contribution >= 4 is 31.5 Å². The molecule has 1 aromatic heterocycles. The molecule has 0 fully saturated rings. The van der Waals surface area contributed by atoms with E-state index in [9.17, 15) is 0 Å². The summed E-state index contributed by atoms with van der Waals surface area (Å²) in [6.45, 7) is 0. The second-order valence-corrected chi connectivity index (χ2v) is 10.5. The minimum absolute atomic E-state index is 1.24. The summed E-state index contributed by atoms with van der Waals surface area (Å²) in [6, 6.07) is 52.7. The average molecular weight is 489 g/mol. The van der Waals surface area contributed by atoms with E-state index in [4.69, 9.17) is 0 Å². The predicted molar refractivity (Wildman–Crippen MR) is 161 cm³/mol. The van der Waals surface area contributed by atoms with Crippen molar-refractivity contribution in [2.75, 3.05) is 0 Å². The molecule has 0 amide bonds. The van der Waals surface area contributed by atoms with Crippen molar-refractivity contribution in [2.45, 2.75) is 0 Å². The van der Waals surface area contributed by atoms with Gasteiger partial charge >= 0.3 is 0 Å². The Hall–Kier alpha value is -4.46. The van der Waals surface area contributed by atoms with Crippen LogP contribution in [0.15, 0.2) is 146 Å². The van der Waals surface area contributed by atoms with Crippen LogP contribution < -0.4 is 0 Å². The van der Waals surface area contributed by atoms with Crippen LogP contribution in [0.1, 0.15) is 0 Å². The molecular formula is C36H24S. The highest BCUT2D eigenvalue weighted by Gasteiger charge is 2.10. The number of hydrogen-bond acceptors (Lipinski definition) is 1. The van der Waals surface area contributed by atoms with Gasteiger partial charge in [0.2, 0.25) is 0 Å². The summed E-state index contributed by atoms with van der Waals surface area (Å²) in [6.07, 6.45) is 0. The molecule has 0 unspecified atom stereocenters. The number of thiophene rings is 1. The van der Waals surface area contributed by atoms with Crippen LogP contribution in [0.4, 0.5) is 0 Å². The Kier molecular flexibility index (Phi) is 5.42. The third-order valence-corrected chi connectivity index (χ3v) is 8.23. The molecule has 0 nitrogen and oxygen atoms in total. The minimum Gasteiger partial charge on any atom is -0.135 e. The summed E-state index contributed by atoms with van der Waals surface area (Å²) in [5, 5.41) is 2.65. The number of fused-ring (bicyclic) bond motifs is 3. The molecule has 0 spiro atoms. The topological polar surface area (TPSA) is 0 Å². The van der Waals surface area contributed by atoms with Crippen molar-refractivity contribution in [3.05, 3.63) is 146 Å². The average Bonchev–Trinajstić information content (AvgIpc) is 3.35. The quantitative estimate of drug-likeness (QED) is 0.231. The van der Waals surface area contributed by atoms with E-state index in [1.54, 1.807) is 0 Å². The van der Waals surface area contributed by atoms with Gasteiger partial charge in [-0.3, -0.25) is 0 Å². The van der Waals surface area contributed by atoms with Gasteiger partial charge in [-0.2, -0.15) is 0 Å². The monoisotopic (exact) mass is 488 g/mol. The fourth-order valence-electron chi connectivity index (χ4n) is 5.15. The van der Waals surface area contributed by atoms with Crippen molar-refractivity contribution < 1.29 is 0 Å². The highest BCUT2D eigenvalue weighted by Crippen LogP contribution is 2.39. The molecule has 1 heteroatoms. The Morgan fingerprint density at radius 1 is 0.270 bits per heavy atom. The zero-order valence-electron chi connectivity index (χ0n) is 20.3. The molecule has 0 aliphatic heterocycles. The number of rotatable bonds is 4. The smallest absolute Gasteiger partial charge is 0.0355 e. The molecule has 0 saturated carbocycles. The first-order valence-corrected chi connectivity index (χ1v) is 13.4. The first-order valence-electron chi connectivity index (χ1n) is 12.6. The van der Waals surface area contributed by atoms with Gasteiger partial charge in [-0.15, -0.1) is 11.3 Å². The summed E-state index contributed by atoms with van der Waals surface area (Å²) in [5.41, 5.74) is 9.97. The minimum atomic E-state index is 1.24. The highest BCUT2D eigenvalue weighted by atomic mass is 32.1. The molecule has 7 rings (SSSR count). The van der Waals surface area contributed by atoms with Gasteiger partial charge < -0.3 is 0 Å². The molecule has 37 heavy (non-hydrogen) atoms. The summed E-state index contributed by atoms with van der Waals surface area (Å²) in [7, 11) is 0. The van der Waals surface area contributed by atoms with E-state index < -0.39 is 0 Å². The van der Waals surface area contributed by atoms with Crippen molar-refractivity contribution in [3.8, 4) is 44.5 Å². The Labute approximate surface area is 221 Å². The molecule has 0 bridgehead atoms. The van der Waals surface area contributed by atoms with Crippen LogP contribution in [-0.2, 0) is 0 Å². The van der Waals surface area contributed by atoms with Crippen molar-refractivity contribution in [2.24, 2.45) is 0 Å². The molecule has 0 N–H and O–H groups in total. The van der Waals surface area contributed by atoms with Gasteiger partial charge in [0.1, 0.15) is 0 Å². The fraction of sp³-hybridized carbons (Fsp3) is 0. The molecule has 0 aliphatic carbocycles. The zero-order valence-corrected chi connectivity index (χ0v) is 21.1. The van der Waals surface area contributed by atoms with Crippen LogP contribution in [0.3, 0.4) is 0 Å². The number of hydrogen-bond donors (Lipinski definition) is 0. The second kappa shape index (κ2) is 9.20. The van der Waals surface area contributed by atoms with E-state index in [2.05, 4.69) is 146 Å². The molecule has 6 aromatic carbocycles. The maximum atomic E-state index is 2.36. The van der Waals surface area contributed by atoms with E-state index in [1.165, 1.54) is 64.7 Å². The van der Waals surface area contributed by atoms with Crippen LogP contribution >= 0.6 is 11.3 Å². The predicted octanol–water partition coefficient (Wildman–Crippen LogP) is 10.7. The van der Waals surface area contributed by atoms with Crippen molar-refractivity contribution in [1.29, 1.82) is 0 Å². The lowest BCUT2D eigenvalue weighted by Crippen LogP contribution is -1.82. The Morgan fingerprint density at radius 3 is 1.05 bits per heavy atom. The van der Waals surface area contributed by atoms with Crippen molar-refractivity contribution in [3.63, 3.8) is 0 Å². The molecular weight excluding hydrogens is 464 g/mol. The van der Waals surface area contributed by atoms with Crippen LogP contribution in [0.25, 0.3) is 64.7 Å². The first-order chi connectivity index (χ1) is 18.3. The Morgan fingerprint density at radius 2 is 0.622 bits per heavy atom. The van der Waals surface area contributed by atoms with Gasteiger partial charge in [0.15, 0.2) is 0 Å². The van der Waals surface area contributed by atoms with Gasteiger partial charge in [-0.1, -0.05) is 109 Å². The standard InChI is InChI=1S/C36H24S/c1-3-9-25(10-4-1)27-13-7-15-29(21-27)31-17-19-35-33(23-31)34-24-32(18-20-36(34)37-35)30-16-8-14-28(22-30)26-11-5-2-6-12-26/h1-24H. The maximum absolute atomic E-state index is 2.36. The second-order valence-electron chi connectivity index (χ2n) is 9.42. The molecule has 174 valence electrons. The lowest BCUT2D eigenvalue weighted by molar-refractivity contribution is 1.60. The summed E-state index contributed by atoms with van der Waals surface area (Å²) in [5.74, 6) is 0. The fourth-order valence-corrected chi connectivity index (χ4v) is 6.22. The largest absolute Gasteiger partial charge is 0.135 e. The van der Waals surface area contributed by atoms with Gasteiger partial charge in [-0.25, -0.2) is 0 Å². The summed E-state index contributed by atoms with van der Waals surface area (Å²) < 4.78 is 2.65. The van der Waals surface area contributed by atoms with Gasteiger partial charge in [-0.05, 0) is 80.9 Å². The van der Waals surface area contributed by atoms with E-state index in [0.29, 0.717) is 0 Å². The van der Waals surface area contributed by atoms with Crippen LogP contribution in [-0.4, -0.2) is 0 Å². The molecule has 0 atom stereocenters. The molecule has 0 radical (unpaired) electrons. The first kappa shape index (κ1) is 21.8. The normalized spacial score (nSPS) is 11.2. The van der Waals surface area contributed by atoms with E-state index in [-0.39, 0.29) is 0 Å². The van der Waals surface area contributed by atoms with Crippen LogP contribution in [0.5, 0.6) is 0 Å². The van der Waals surface area contributed by atoms with Crippen molar-refractivity contribution in [1.82, 2.24) is 0 Å². The van der Waals surface area contributed by atoms with E-state index in [0.717, 1.165) is 0 Å². The molecule has 1 heterocycles. The van der Waals surface area contributed by atoms with Gasteiger partial charge in [0, 0.05) is 20.2 Å². The SMILES string of the molecule is c1ccc(-c2cccc(-c3ccc4sc5ccc(-c6cccc(-c7ccccc7)c6)cc5c4c3)c2)cc1. The van der Waals surface area contributed by atoms with Gasteiger partial charge in [0.25, 0.3) is 0 Å². The zero-order chi connectivity index (χ0) is 24.6. The highest BCUT2D eigenvalue weighted by molar-refractivity contribution is 7.25. The van der Waals surface area contributed by atoms with Gasteiger partial charge in [0.05, 0.1) is 0 Å². The maximum Gasteiger partial charge on any atom is 0.0355 e. The molecule has 7 aromatic rings. The Bertz CT molecular complexity index is 1720. The summed E-state index contributed by atoms with van der Waals surface area (Å²) in [4.78, 5) is 0. The third-order valence-electron chi connectivity index (χ3n) is 7.08. The lowest BCUT2D eigenvalue weighted by Gasteiger charge is -2.08. The number of benzene rings is 6. The van der Waals surface area contributed by atoms with E-state index >= 15 is 0 Å².